The third-order valence-corrected chi connectivity index (χ3v) is 3.15. The van der Waals surface area contributed by atoms with E-state index >= 15 is 0 Å². The summed E-state index contributed by atoms with van der Waals surface area (Å²) >= 11 is 0. The quantitative estimate of drug-likeness (QED) is 0.305. The highest BCUT2D eigenvalue weighted by atomic mass is 16.1. The lowest BCUT2D eigenvalue weighted by molar-refractivity contribution is -0.108. The first-order valence-corrected chi connectivity index (χ1v) is 8.14. The number of carbonyl (C=O) groups is 2. The Morgan fingerprint density at radius 1 is 0.909 bits per heavy atom. The molecule has 0 rings (SSSR count). The van der Waals surface area contributed by atoms with E-state index in [1.165, 1.54) is 11.1 Å². The smallest absolute Gasteiger partial charge is 0.142 e. The van der Waals surface area contributed by atoms with Gasteiger partial charge < -0.3 is 4.79 Å². The summed E-state index contributed by atoms with van der Waals surface area (Å²) in [5, 5.41) is 0. The van der Waals surface area contributed by atoms with Crippen molar-refractivity contribution in [1.82, 2.24) is 0 Å². The molecule has 2 nitrogen and oxygen atoms in total. The van der Waals surface area contributed by atoms with Crippen molar-refractivity contribution in [3.05, 3.63) is 34.9 Å². The Kier molecular flexibility index (Phi) is 16.5. The van der Waals surface area contributed by atoms with Gasteiger partial charge in [0.15, 0.2) is 0 Å². The van der Waals surface area contributed by atoms with Crippen LogP contribution in [0.25, 0.3) is 0 Å². The van der Waals surface area contributed by atoms with E-state index in [9.17, 15) is 9.59 Å². The Balaban J connectivity index is 0. The highest BCUT2D eigenvalue weighted by molar-refractivity contribution is 5.65. The number of allylic oxidation sites excluding steroid dienone is 6. The van der Waals surface area contributed by atoms with Crippen LogP contribution in [0, 0.1) is 5.92 Å². The molecule has 0 fully saturated rings. The Bertz CT molecular complexity index is 379. The van der Waals surface area contributed by atoms with Crippen LogP contribution in [0.2, 0.25) is 0 Å². The molecule has 0 bridgehead atoms. The first-order valence-electron chi connectivity index (χ1n) is 8.14. The monoisotopic (exact) mass is 306 g/mol. The van der Waals surface area contributed by atoms with Crippen LogP contribution in [0.4, 0.5) is 0 Å². The summed E-state index contributed by atoms with van der Waals surface area (Å²) in [5.74, 6) is 0.545. The van der Waals surface area contributed by atoms with Crippen LogP contribution in [-0.2, 0) is 9.59 Å². The minimum atomic E-state index is 0.545. The van der Waals surface area contributed by atoms with Gasteiger partial charge in [-0.05, 0) is 72.3 Å². The largest absolute Gasteiger partial charge is 0.303 e. The van der Waals surface area contributed by atoms with Crippen LogP contribution in [-0.4, -0.2) is 12.6 Å². The van der Waals surface area contributed by atoms with Crippen LogP contribution < -0.4 is 0 Å². The number of carbonyl (C=O) groups excluding carboxylic acids is 2. The van der Waals surface area contributed by atoms with E-state index in [4.69, 9.17) is 0 Å². The van der Waals surface area contributed by atoms with E-state index < -0.39 is 0 Å². The molecule has 0 amide bonds. The van der Waals surface area contributed by atoms with Crippen molar-refractivity contribution < 1.29 is 9.59 Å². The van der Waals surface area contributed by atoms with Gasteiger partial charge in [0.25, 0.3) is 0 Å². The zero-order valence-electron chi connectivity index (χ0n) is 15.3. The number of hydrogen-bond acceptors (Lipinski definition) is 2. The lowest BCUT2D eigenvalue weighted by atomic mass is 10.0. The van der Waals surface area contributed by atoms with Crippen molar-refractivity contribution >= 4 is 12.6 Å². The Labute approximate surface area is 137 Å². The maximum Gasteiger partial charge on any atom is 0.142 e. The molecule has 0 radical (unpaired) electrons. The predicted molar refractivity (Wildman–Crippen MR) is 97.0 cm³/mol. The van der Waals surface area contributed by atoms with Gasteiger partial charge in [-0.15, -0.1) is 0 Å². The summed E-state index contributed by atoms with van der Waals surface area (Å²) in [6.45, 7) is 12.5. The van der Waals surface area contributed by atoms with Crippen molar-refractivity contribution in [3.63, 3.8) is 0 Å². The third-order valence-electron chi connectivity index (χ3n) is 3.15. The molecule has 0 spiro atoms. The molecule has 0 aromatic heterocycles. The summed E-state index contributed by atoms with van der Waals surface area (Å²) in [7, 11) is 0. The van der Waals surface area contributed by atoms with Gasteiger partial charge >= 0.3 is 0 Å². The molecule has 0 N–H and O–H groups in total. The molecule has 0 heterocycles. The van der Waals surface area contributed by atoms with E-state index in [1.54, 1.807) is 6.08 Å². The van der Waals surface area contributed by atoms with Gasteiger partial charge in [0.2, 0.25) is 0 Å². The average Bonchev–Trinajstić information content (AvgIpc) is 2.39. The number of rotatable bonds is 9. The van der Waals surface area contributed by atoms with Crippen molar-refractivity contribution in [2.45, 2.75) is 73.6 Å². The normalized spacial score (nSPS) is 11.6. The molecule has 0 aromatic carbocycles. The second-order valence-corrected chi connectivity index (χ2v) is 6.34. The van der Waals surface area contributed by atoms with E-state index in [-0.39, 0.29) is 0 Å². The van der Waals surface area contributed by atoms with Gasteiger partial charge in [-0.2, -0.15) is 0 Å². The highest BCUT2D eigenvalue weighted by Gasteiger charge is 1.98. The molecule has 0 saturated carbocycles. The first kappa shape index (κ1) is 22.8. The highest BCUT2D eigenvalue weighted by Crippen LogP contribution is 2.09. The summed E-state index contributed by atoms with van der Waals surface area (Å²) in [5.41, 5.74) is 3.85. The Hall–Kier alpha value is -1.44. The molecule has 1 atom stereocenters. The van der Waals surface area contributed by atoms with Crippen molar-refractivity contribution in [2.75, 3.05) is 0 Å². The van der Waals surface area contributed by atoms with Crippen LogP contribution in [0.5, 0.6) is 0 Å². The zero-order chi connectivity index (χ0) is 17.4. The second-order valence-electron chi connectivity index (χ2n) is 6.34. The lowest BCUT2D eigenvalue weighted by Gasteiger charge is -2.03. The van der Waals surface area contributed by atoms with E-state index in [1.807, 2.05) is 6.92 Å². The number of hydrogen-bond donors (Lipinski definition) is 0. The molecular formula is C20H34O2. The zero-order valence-corrected chi connectivity index (χ0v) is 15.3. The topological polar surface area (TPSA) is 34.1 Å². The van der Waals surface area contributed by atoms with Gasteiger partial charge in [-0.1, -0.05) is 35.8 Å². The summed E-state index contributed by atoms with van der Waals surface area (Å²) < 4.78 is 0. The second kappa shape index (κ2) is 15.9. The van der Waals surface area contributed by atoms with Crippen LogP contribution in [0.15, 0.2) is 34.9 Å². The first-order chi connectivity index (χ1) is 10.3. The number of aldehydes is 2. The fourth-order valence-electron chi connectivity index (χ4n) is 1.73. The molecule has 126 valence electrons. The van der Waals surface area contributed by atoms with E-state index in [0.29, 0.717) is 12.3 Å². The molecule has 1 unspecified atom stereocenters. The molecule has 0 aliphatic carbocycles. The fraction of sp³-hybridized carbons (Fsp3) is 0.600. The summed E-state index contributed by atoms with van der Waals surface area (Å²) in [4.78, 5) is 20.1. The SMILES string of the molecule is CC(C)=CCC/C(C)=C/C=O.CC(C)=CCCC(C)CC=O. The standard InChI is InChI=1S/C10H18O.C10H16O/c2*1-9(2)5-4-6-10(3)7-8-11/h5,8,10H,4,6-7H2,1-3H3;5,7-8H,4,6H2,1-3H3/b;10-7+. The molecular weight excluding hydrogens is 272 g/mol. The Morgan fingerprint density at radius 2 is 1.45 bits per heavy atom. The fourth-order valence-corrected chi connectivity index (χ4v) is 1.73. The van der Waals surface area contributed by atoms with Gasteiger partial charge in [-0.25, -0.2) is 0 Å². The molecule has 0 aliphatic heterocycles. The molecule has 0 saturated heterocycles. The van der Waals surface area contributed by atoms with Crippen LogP contribution in [0.3, 0.4) is 0 Å². The molecule has 22 heavy (non-hydrogen) atoms. The van der Waals surface area contributed by atoms with Gasteiger partial charge in [0, 0.05) is 6.42 Å². The molecule has 0 aliphatic rings. The van der Waals surface area contributed by atoms with Gasteiger partial charge in [0.1, 0.15) is 12.6 Å². The van der Waals surface area contributed by atoms with Gasteiger partial charge in [-0.3, -0.25) is 4.79 Å². The Morgan fingerprint density at radius 3 is 1.91 bits per heavy atom. The summed E-state index contributed by atoms with van der Waals surface area (Å²) in [6, 6.07) is 0. The van der Waals surface area contributed by atoms with E-state index in [2.05, 4.69) is 46.8 Å². The minimum absolute atomic E-state index is 0.545. The summed E-state index contributed by atoms with van der Waals surface area (Å²) in [6.07, 6.45) is 12.9. The van der Waals surface area contributed by atoms with Crippen molar-refractivity contribution in [3.8, 4) is 0 Å². The van der Waals surface area contributed by atoms with Crippen molar-refractivity contribution in [1.29, 1.82) is 0 Å². The predicted octanol–water partition coefficient (Wildman–Crippen LogP) is 5.84. The molecule has 0 aromatic rings. The van der Waals surface area contributed by atoms with Crippen LogP contribution in [0.1, 0.15) is 73.6 Å². The van der Waals surface area contributed by atoms with E-state index in [0.717, 1.165) is 43.8 Å². The maximum atomic E-state index is 10.1. The van der Waals surface area contributed by atoms with Crippen LogP contribution >= 0.6 is 0 Å². The average molecular weight is 306 g/mol. The molecule has 2 heteroatoms. The minimum Gasteiger partial charge on any atom is -0.303 e. The van der Waals surface area contributed by atoms with Crippen molar-refractivity contribution in [2.24, 2.45) is 5.92 Å². The third kappa shape index (κ3) is 20.9. The van der Waals surface area contributed by atoms with Gasteiger partial charge in [0.05, 0.1) is 0 Å². The maximum absolute atomic E-state index is 10.1. The lowest BCUT2D eigenvalue weighted by Crippen LogP contribution is -1.93.